The fourth-order valence-corrected chi connectivity index (χ4v) is 11.3. The Labute approximate surface area is 376 Å². The van der Waals surface area contributed by atoms with Crippen molar-refractivity contribution in [3.8, 4) is 33.6 Å². The van der Waals surface area contributed by atoms with Gasteiger partial charge in [0.1, 0.15) is 11.2 Å². The standard InChI is InChI=1S/C61H35N3O2/c65-61-45-21-8-7-18-42(45)49-31-38(36-14-3-1-4-15-36)32-50-46-30-37(26-28-54(46)64(61)60(49)50)41-22-13-25-58-59(41)51-33-40(27-29-57(51)66-58)63-53-24-12-10-20-44(53)48-34-47-43-19-9-11-23-52(43)62(55(47)35-56(48)63)39-16-5-2-6-17-39/h1-35H. The first-order valence-electron chi connectivity index (χ1n) is 22.5. The highest BCUT2D eigenvalue weighted by Crippen LogP contribution is 2.44. The highest BCUT2D eigenvalue weighted by atomic mass is 16.3. The van der Waals surface area contributed by atoms with Gasteiger partial charge in [0.15, 0.2) is 0 Å². The number of pyridine rings is 1. The van der Waals surface area contributed by atoms with E-state index < -0.39 is 0 Å². The van der Waals surface area contributed by atoms with Crippen LogP contribution in [0.1, 0.15) is 0 Å². The van der Waals surface area contributed by atoms with Gasteiger partial charge in [0.25, 0.3) is 5.56 Å². The lowest BCUT2D eigenvalue weighted by Gasteiger charge is -2.10. The van der Waals surface area contributed by atoms with E-state index in [2.05, 4.69) is 197 Å². The second kappa shape index (κ2) is 13.1. The Kier molecular flexibility index (Phi) is 7.03. The van der Waals surface area contributed by atoms with Crippen LogP contribution in [0.5, 0.6) is 0 Å². The van der Waals surface area contributed by atoms with Crippen LogP contribution in [0.25, 0.3) is 137 Å². The lowest BCUT2D eigenvalue weighted by atomic mass is 9.96. The third kappa shape index (κ3) is 4.75. The largest absolute Gasteiger partial charge is 0.456 e. The van der Waals surface area contributed by atoms with E-state index in [0.717, 1.165) is 110 Å². The zero-order chi connectivity index (χ0) is 43.2. The molecule has 0 aliphatic carbocycles. The molecule has 0 saturated heterocycles. The molecule has 0 amide bonds. The molecular weight excluding hydrogens is 807 g/mol. The van der Waals surface area contributed by atoms with Crippen molar-refractivity contribution in [1.82, 2.24) is 13.5 Å². The summed E-state index contributed by atoms with van der Waals surface area (Å²) in [7, 11) is 0. The summed E-state index contributed by atoms with van der Waals surface area (Å²) < 4.78 is 13.4. The molecule has 5 heteroatoms. The van der Waals surface area contributed by atoms with E-state index in [0.29, 0.717) is 0 Å². The molecule has 0 fully saturated rings. The van der Waals surface area contributed by atoms with Crippen molar-refractivity contribution in [2.75, 3.05) is 0 Å². The molecule has 10 aromatic carbocycles. The summed E-state index contributed by atoms with van der Waals surface area (Å²) in [5.74, 6) is 0. The van der Waals surface area contributed by atoms with E-state index in [1.165, 1.54) is 27.1 Å². The van der Waals surface area contributed by atoms with E-state index in [1.807, 2.05) is 28.7 Å². The van der Waals surface area contributed by atoms with Gasteiger partial charge in [0, 0.05) is 65.2 Å². The van der Waals surface area contributed by atoms with Gasteiger partial charge in [-0.25, -0.2) is 0 Å². The van der Waals surface area contributed by atoms with Gasteiger partial charge in [0.05, 0.1) is 33.1 Å². The second-order valence-electron chi connectivity index (χ2n) is 17.6. The molecule has 66 heavy (non-hydrogen) atoms. The molecule has 15 rings (SSSR count). The Hall–Kier alpha value is -8.93. The molecule has 0 radical (unpaired) electrons. The Morgan fingerprint density at radius 2 is 0.924 bits per heavy atom. The first-order chi connectivity index (χ1) is 32.7. The van der Waals surface area contributed by atoms with Crippen LogP contribution in [-0.2, 0) is 0 Å². The first-order valence-corrected chi connectivity index (χ1v) is 22.5. The van der Waals surface area contributed by atoms with Gasteiger partial charge in [-0.05, 0) is 119 Å². The number of benzene rings is 10. The summed E-state index contributed by atoms with van der Waals surface area (Å²) in [6.07, 6.45) is 0. The quantitative estimate of drug-likeness (QED) is 0.166. The number of para-hydroxylation sites is 3. The monoisotopic (exact) mass is 841 g/mol. The predicted octanol–water partition coefficient (Wildman–Crippen LogP) is 15.6. The molecule has 5 heterocycles. The SMILES string of the molecule is O=c1c2ccccc2c2cc(-c3ccccc3)cc3c4cc(-c5cccc6oc7ccc(-n8c9ccccc9c9cc%10c%11ccccc%11n(-c%11ccccc%11)c%10cc98)cc7c56)ccc4n1c23. The van der Waals surface area contributed by atoms with Crippen molar-refractivity contribution in [2.45, 2.75) is 0 Å². The van der Waals surface area contributed by atoms with Crippen LogP contribution in [-0.4, -0.2) is 13.5 Å². The van der Waals surface area contributed by atoms with Crippen LogP contribution in [0.3, 0.4) is 0 Å². The lowest BCUT2D eigenvalue weighted by Crippen LogP contribution is -2.12. The number of hydrogen-bond acceptors (Lipinski definition) is 2. The third-order valence-corrected chi connectivity index (χ3v) is 14.1. The van der Waals surface area contributed by atoms with Gasteiger partial charge in [0.2, 0.25) is 0 Å². The van der Waals surface area contributed by atoms with E-state index in [4.69, 9.17) is 4.42 Å². The topological polar surface area (TPSA) is 44.5 Å². The zero-order valence-electron chi connectivity index (χ0n) is 35.4. The summed E-state index contributed by atoms with van der Waals surface area (Å²) in [6.45, 7) is 0. The molecule has 5 aromatic heterocycles. The molecule has 0 N–H and O–H groups in total. The molecule has 0 atom stereocenters. The van der Waals surface area contributed by atoms with Gasteiger partial charge in [-0.1, -0.05) is 121 Å². The number of fused-ring (bicyclic) bond motifs is 14. The molecule has 0 aliphatic heterocycles. The van der Waals surface area contributed by atoms with Crippen molar-refractivity contribution < 1.29 is 4.42 Å². The normalized spacial score (nSPS) is 12.3. The van der Waals surface area contributed by atoms with Crippen LogP contribution in [0.15, 0.2) is 222 Å². The second-order valence-corrected chi connectivity index (χ2v) is 17.6. The van der Waals surface area contributed by atoms with E-state index >= 15 is 0 Å². The molecule has 0 saturated carbocycles. The van der Waals surface area contributed by atoms with Crippen LogP contribution < -0.4 is 5.56 Å². The van der Waals surface area contributed by atoms with Crippen molar-refractivity contribution in [1.29, 1.82) is 0 Å². The van der Waals surface area contributed by atoms with Gasteiger partial charge in [-0.15, -0.1) is 0 Å². The number of rotatable bonds is 4. The maximum atomic E-state index is 14.4. The maximum absolute atomic E-state index is 14.4. The highest BCUT2D eigenvalue weighted by molar-refractivity contribution is 6.23. The summed E-state index contributed by atoms with van der Waals surface area (Å²) >= 11 is 0. The third-order valence-electron chi connectivity index (χ3n) is 14.1. The minimum Gasteiger partial charge on any atom is -0.456 e. The predicted molar refractivity (Wildman–Crippen MR) is 274 cm³/mol. The van der Waals surface area contributed by atoms with Crippen molar-refractivity contribution in [3.05, 3.63) is 223 Å². The van der Waals surface area contributed by atoms with Crippen LogP contribution in [0.2, 0.25) is 0 Å². The van der Waals surface area contributed by atoms with Gasteiger partial charge in [-0.2, -0.15) is 0 Å². The van der Waals surface area contributed by atoms with E-state index in [9.17, 15) is 4.79 Å². The fraction of sp³-hybridized carbons (Fsp3) is 0. The minimum absolute atomic E-state index is 0.00102. The van der Waals surface area contributed by atoms with Crippen molar-refractivity contribution in [3.63, 3.8) is 0 Å². The number of nitrogens with zero attached hydrogens (tertiary/aromatic N) is 3. The molecule has 15 aromatic rings. The van der Waals surface area contributed by atoms with Gasteiger partial charge >= 0.3 is 0 Å². The average molecular weight is 842 g/mol. The van der Waals surface area contributed by atoms with Crippen molar-refractivity contribution >= 4 is 104 Å². The van der Waals surface area contributed by atoms with E-state index in [-0.39, 0.29) is 5.56 Å². The number of aromatic nitrogens is 3. The molecule has 5 nitrogen and oxygen atoms in total. The summed E-state index contributed by atoms with van der Waals surface area (Å²) in [4.78, 5) is 14.4. The smallest absolute Gasteiger partial charge is 0.263 e. The van der Waals surface area contributed by atoms with Crippen LogP contribution >= 0.6 is 0 Å². The zero-order valence-corrected chi connectivity index (χ0v) is 35.4. The number of hydrogen-bond donors (Lipinski definition) is 0. The Morgan fingerprint density at radius 1 is 0.318 bits per heavy atom. The number of furan rings is 1. The first kappa shape index (κ1) is 35.5. The molecular formula is C61H35N3O2. The molecule has 306 valence electrons. The summed E-state index contributed by atoms with van der Waals surface area (Å²) in [6, 6.07) is 75.4. The van der Waals surface area contributed by atoms with Gasteiger partial charge in [-0.3, -0.25) is 9.20 Å². The Bertz CT molecular complexity index is 4590. The minimum atomic E-state index is 0.00102. The van der Waals surface area contributed by atoms with Crippen molar-refractivity contribution in [2.24, 2.45) is 0 Å². The van der Waals surface area contributed by atoms with Crippen LogP contribution in [0, 0.1) is 0 Å². The molecule has 0 unspecified atom stereocenters. The molecule has 0 bridgehead atoms. The lowest BCUT2D eigenvalue weighted by molar-refractivity contribution is 0.669. The van der Waals surface area contributed by atoms with Crippen LogP contribution in [0.4, 0.5) is 0 Å². The Balaban J connectivity index is 0.979. The highest BCUT2D eigenvalue weighted by Gasteiger charge is 2.22. The molecule has 0 spiro atoms. The maximum Gasteiger partial charge on any atom is 0.263 e. The van der Waals surface area contributed by atoms with Gasteiger partial charge < -0.3 is 13.6 Å². The summed E-state index contributed by atoms with van der Waals surface area (Å²) in [5.41, 5.74) is 14.7. The summed E-state index contributed by atoms with van der Waals surface area (Å²) in [5, 5.41) is 11.8. The van der Waals surface area contributed by atoms with E-state index in [1.54, 1.807) is 0 Å². The Morgan fingerprint density at radius 3 is 1.67 bits per heavy atom. The fourth-order valence-electron chi connectivity index (χ4n) is 11.3. The average Bonchev–Trinajstić information content (AvgIpc) is 4.11. The molecule has 0 aliphatic rings.